The average molecular weight is 141 g/mol. The van der Waals surface area contributed by atoms with Crippen molar-refractivity contribution in [2.75, 3.05) is 13.6 Å². The van der Waals surface area contributed by atoms with E-state index < -0.39 is 0 Å². The van der Waals surface area contributed by atoms with Gasteiger partial charge in [-0.1, -0.05) is 13.0 Å². The van der Waals surface area contributed by atoms with Gasteiger partial charge in [-0.25, -0.2) is 0 Å². The normalized spacial score (nSPS) is 9.00. The molecular formula is C8H15NO. The van der Waals surface area contributed by atoms with Crippen LogP contribution in [-0.4, -0.2) is 24.4 Å². The molecule has 2 nitrogen and oxygen atoms in total. The number of nitrogens with zero attached hydrogens (tertiary/aromatic N) is 1. The Morgan fingerprint density at radius 3 is 2.70 bits per heavy atom. The van der Waals surface area contributed by atoms with Gasteiger partial charge in [-0.2, -0.15) is 0 Å². The van der Waals surface area contributed by atoms with Crippen molar-refractivity contribution in [3.8, 4) is 0 Å². The molecule has 0 radical (unpaired) electrons. The molecule has 0 rings (SSSR count). The van der Waals surface area contributed by atoms with Crippen LogP contribution in [0.5, 0.6) is 0 Å². The van der Waals surface area contributed by atoms with Gasteiger partial charge in [0, 0.05) is 20.0 Å². The molecule has 0 saturated carbocycles. The predicted octanol–water partition coefficient (Wildman–Crippen LogP) is 1.43. The lowest BCUT2D eigenvalue weighted by Gasteiger charge is -2.14. The Hall–Kier alpha value is -0.790. The Kier molecular flexibility index (Phi) is 4.63. The van der Waals surface area contributed by atoms with E-state index in [2.05, 4.69) is 13.5 Å². The van der Waals surface area contributed by atoms with Crippen molar-refractivity contribution in [2.45, 2.75) is 19.8 Å². The monoisotopic (exact) mass is 141 g/mol. The Morgan fingerprint density at radius 1 is 1.70 bits per heavy atom. The summed E-state index contributed by atoms with van der Waals surface area (Å²) in [6, 6.07) is 0. The van der Waals surface area contributed by atoms with Gasteiger partial charge in [-0.15, -0.1) is 6.58 Å². The fourth-order valence-corrected chi connectivity index (χ4v) is 0.739. The standard InChI is InChI=1S/C8H15NO/c1-4-6-8(10)9(3)7-5-2/h4H,1,5-7H2,2-3H3. The van der Waals surface area contributed by atoms with E-state index in [0.29, 0.717) is 6.42 Å². The predicted molar refractivity (Wildman–Crippen MR) is 42.7 cm³/mol. The van der Waals surface area contributed by atoms with Crippen LogP contribution in [0, 0.1) is 0 Å². The van der Waals surface area contributed by atoms with Crippen LogP contribution < -0.4 is 0 Å². The Labute approximate surface area is 62.5 Å². The maximum atomic E-state index is 11.0. The van der Waals surface area contributed by atoms with Crippen LogP contribution >= 0.6 is 0 Å². The quantitative estimate of drug-likeness (QED) is 0.542. The minimum Gasteiger partial charge on any atom is -0.346 e. The highest BCUT2D eigenvalue weighted by atomic mass is 16.2. The lowest BCUT2D eigenvalue weighted by molar-refractivity contribution is -0.128. The van der Waals surface area contributed by atoms with Gasteiger partial charge in [0.05, 0.1) is 0 Å². The van der Waals surface area contributed by atoms with E-state index in [4.69, 9.17) is 0 Å². The molecule has 0 aromatic carbocycles. The second-order valence-corrected chi connectivity index (χ2v) is 2.31. The molecule has 0 aromatic heterocycles. The molecule has 0 aromatic rings. The van der Waals surface area contributed by atoms with Gasteiger partial charge in [-0.3, -0.25) is 4.79 Å². The lowest BCUT2D eigenvalue weighted by Crippen LogP contribution is -2.26. The summed E-state index contributed by atoms with van der Waals surface area (Å²) in [4.78, 5) is 12.7. The third-order valence-corrected chi connectivity index (χ3v) is 1.30. The molecule has 0 saturated heterocycles. The van der Waals surface area contributed by atoms with Gasteiger partial charge in [0.25, 0.3) is 0 Å². The van der Waals surface area contributed by atoms with E-state index >= 15 is 0 Å². The maximum Gasteiger partial charge on any atom is 0.226 e. The van der Waals surface area contributed by atoms with Gasteiger partial charge in [0.2, 0.25) is 5.91 Å². The van der Waals surface area contributed by atoms with E-state index in [1.165, 1.54) is 0 Å². The summed E-state index contributed by atoms with van der Waals surface area (Å²) in [6.45, 7) is 6.39. The second kappa shape index (κ2) is 5.03. The summed E-state index contributed by atoms with van der Waals surface area (Å²) in [7, 11) is 1.81. The number of amides is 1. The molecule has 10 heavy (non-hydrogen) atoms. The van der Waals surface area contributed by atoms with Crippen LogP contribution in [0.1, 0.15) is 19.8 Å². The van der Waals surface area contributed by atoms with E-state index in [9.17, 15) is 4.79 Å². The van der Waals surface area contributed by atoms with Crippen molar-refractivity contribution in [1.29, 1.82) is 0 Å². The van der Waals surface area contributed by atoms with Crippen LogP contribution in [0.15, 0.2) is 12.7 Å². The summed E-state index contributed by atoms with van der Waals surface area (Å²) in [6.07, 6.45) is 3.10. The van der Waals surface area contributed by atoms with E-state index in [1.54, 1.807) is 11.0 Å². The van der Waals surface area contributed by atoms with Crippen LogP contribution in [0.25, 0.3) is 0 Å². The Balaban J connectivity index is 3.58. The number of carbonyl (C=O) groups is 1. The number of hydrogen-bond acceptors (Lipinski definition) is 1. The van der Waals surface area contributed by atoms with E-state index in [0.717, 1.165) is 13.0 Å². The molecule has 2 heteroatoms. The molecule has 1 amide bonds. The van der Waals surface area contributed by atoms with Gasteiger partial charge >= 0.3 is 0 Å². The maximum absolute atomic E-state index is 11.0. The summed E-state index contributed by atoms with van der Waals surface area (Å²) >= 11 is 0. The number of hydrogen-bond donors (Lipinski definition) is 0. The molecule has 0 atom stereocenters. The first kappa shape index (κ1) is 9.21. The first-order chi connectivity index (χ1) is 4.72. The molecular weight excluding hydrogens is 126 g/mol. The molecule has 0 heterocycles. The molecule has 0 N–H and O–H groups in total. The van der Waals surface area contributed by atoms with E-state index in [1.807, 2.05) is 7.05 Å². The minimum absolute atomic E-state index is 0.150. The highest BCUT2D eigenvalue weighted by molar-refractivity contribution is 5.77. The number of rotatable bonds is 4. The van der Waals surface area contributed by atoms with Crippen molar-refractivity contribution in [3.05, 3.63) is 12.7 Å². The highest BCUT2D eigenvalue weighted by Gasteiger charge is 2.02. The average Bonchev–Trinajstić information content (AvgIpc) is 1.89. The number of carbonyl (C=O) groups excluding carboxylic acids is 1. The van der Waals surface area contributed by atoms with Crippen LogP contribution in [0.3, 0.4) is 0 Å². The lowest BCUT2D eigenvalue weighted by atomic mass is 10.3. The molecule has 0 spiro atoms. The SMILES string of the molecule is C=CCC(=O)N(C)CCC. The first-order valence-corrected chi connectivity index (χ1v) is 3.57. The molecule has 58 valence electrons. The fourth-order valence-electron chi connectivity index (χ4n) is 0.739. The van der Waals surface area contributed by atoms with Gasteiger partial charge < -0.3 is 4.90 Å². The van der Waals surface area contributed by atoms with Gasteiger partial charge in [0.15, 0.2) is 0 Å². The van der Waals surface area contributed by atoms with Crippen LogP contribution in [0.2, 0.25) is 0 Å². The van der Waals surface area contributed by atoms with Crippen molar-refractivity contribution >= 4 is 5.91 Å². The summed E-state index contributed by atoms with van der Waals surface area (Å²) in [5.41, 5.74) is 0. The molecule has 0 aliphatic heterocycles. The molecule has 0 aliphatic rings. The zero-order chi connectivity index (χ0) is 7.98. The third kappa shape index (κ3) is 3.28. The Morgan fingerprint density at radius 2 is 2.30 bits per heavy atom. The van der Waals surface area contributed by atoms with Gasteiger partial charge in [0.1, 0.15) is 0 Å². The van der Waals surface area contributed by atoms with Crippen molar-refractivity contribution in [3.63, 3.8) is 0 Å². The van der Waals surface area contributed by atoms with Gasteiger partial charge in [-0.05, 0) is 6.42 Å². The van der Waals surface area contributed by atoms with Crippen LogP contribution in [0.4, 0.5) is 0 Å². The Bertz CT molecular complexity index is 120. The van der Waals surface area contributed by atoms with Crippen molar-refractivity contribution < 1.29 is 4.79 Å². The zero-order valence-electron chi connectivity index (χ0n) is 6.76. The fraction of sp³-hybridized carbons (Fsp3) is 0.625. The molecule has 0 aliphatic carbocycles. The summed E-state index contributed by atoms with van der Waals surface area (Å²) in [5, 5.41) is 0. The first-order valence-electron chi connectivity index (χ1n) is 3.57. The van der Waals surface area contributed by atoms with Crippen LogP contribution in [-0.2, 0) is 4.79 Å². The summed E-state index contributed by atoms with van der Waals surface area (Å²) in [5.74, 6) is 0.150. The topological polar surface area (TPSA) is 20.3 Å². The summed E-state index contributed by atoms with van der Waals surface area (Å²) < 4.78 is 0. The van der Waals surface area contributed by atoms with E-state index in [-0.39, 0.29) is 5.91 Å². The second-order valence-electron chi connectivity index (χ2n) is 2.31. The van der Waals surface area contributed by atoms with Crippen molar-refractivity contribution in [1.82, 2.24) is 4.90 Å². The largest absolute Gasteiger partial charge is 0.346 e. The van der Waals surface area contributed by atoms with Crippen molar-refractivity contribution in [2.24, 2.45) is 0 Å². The minimum atomic E-state index is 0.150. The zero-order valence-corrected chi connectivity index (χ0v) is 6.76. The smallest absolute Gasteiger partial charge is 0.226 e. The molecule has 0 fully saturated rings. The highest BCUT2D eigenvalue weighted by Crippen LogP contribution is 1.92. The molecule has 0 bridgehead atoms. The molecule has 0 unspecified atom stereocenters. The third-order valence-electron chi connectivity index (χ3n) is 1.30.